The van der Waals surface area contributed by atoms with Gasteiger partial charge in [-0.05, 0) is 44.9 Å². The van der Waals surface area contributed by atoms with Gasteiger partial charge in [-0.1, -0.05) is 42.5 Å². The Bertz CT molecular complexity index is 1570. The minimum absolute atomic E-state index is 0.0506. The predicted octanol–water partition coefficient (Wildman–Crippen LogP) is 6.35. The summed E-state index contributed by atoms with van der Waals surface area (Å²) < 4.78 is 82.6. The van der Waals surface area contributed by atoms with Crippen molar-refractivity contribution in [3.8, 4) is 0 Å². The van der Waals surface area contributed by atoms with Gasteiger partial charge in [0.1, 0.15) is 24.1 Å². The number of halogens is 5. The molecule has 0 saturated carbocycles. The van der Waals surface area contributed by atoms with Crippen molar-refractivity contribution in [3.05, 3.63) is 101 Å². The molecular formula is C30H28F5N3O4. The second-order valence-corrected chi connectivity index (χ2v) is 10.5. The molecule has 0 radical (unpaired) electrons. The summed E-state index contributed by atoms with van der Waals surface area (Å²) in [7, 11) is 0. The average molecular weight is 590 g/mol. The number of benzene rings is 3. The van der Waals surface area contributed by atoms with Gasteiger partial charge in [-0.3, -0.25) is 0 Å². The number of aromatic nitrogens is 2. The number of para-hydroxylation sites is 2. The molecule has 222 valence electrons. The fourth-order valence-electron chi connectivity index (χ4n) is 4.24. The lowest BCUT2D eigenvalue weighted by Crippen LogP contribution is -2.44. The number of aryl methyl sites for hydroxylation is 1. The van der Waals surface area contributed by atoms with Crippen LogP contribution >= 0.6 is 0 Å². The maximum absolute atomic E-state index is 14.6. The van der Waals surface area contributed by atoms with Crippen LogP contribution in [0.5, 0.6) is 0 Å². The zero-order valence-electron chi connectivity index (χ0n) is 23.0. The van der Waals surface area contributed by atoms with Crippen LogP contribution in [0.15, 0.2) is 54.6 Å². The monoisotopic (exact) mass is 589 g/mol. The lowest BCUT2D eigenvalue weighted by molar-refractivity contribution is -0.147. The van der Waals surface area contributed by atoms with Gasteiger partial charge >= 0.3 is 12.1 Å². The van der Waals surface area contributed by atoms with Crippen LogP contribution in [0.2, 0.25) is 0 Å². The molecule has 1 atom stereocenters. The molecule has 42 heavy (non-hydrogen) atoms. The second kappa shape index (κ2) is 12.6. The number of rotatable bonds is 9. The first-order valence-corrected chi connectivity index (χ1v) is 13.0. The second-order valence-electron chi connectivity index (χ2n) is 10.5. The van der Waals surface area contributed by atoms with Crippen LogP contribution in [-0.4, -0.2) is 33.3 Å². The number of hydrogen-bond acceptors (Lipinski definition) is 5. The lowest BCUT2D eigenvalue weighted by Gasteiger charge is -2.23. The van der Waals surface area contributed by atoms with E-state index in [1.54, 1.807) is 75.4 Å². The number of imidazole rings is 1. The van der Waals surface area contributed by atoms with Gasteiger partial charge in [-0.25, -0.2) is 36.5 Å². The topological polar surface area (TPSA) is 82.5 Å². The zero-order valence-corrected chi connectivity index (χ0v) is 23.0. The van der Waals surface area contributed by atoms with Gasteiger partial charge < -0.3 is 19.4 Å². The standard InChI is InChI=1S/C30H28F5N3O4/c1-30(2,3)42-29(40)37-20(28(39)41-16-17-9-5-4-6-10-17)13-14-22-36-19-11-7-8-12-21(19)38(22)15-18-23(31)25(33)27(35)26(34)24(18)32/h4-12,20H,13-16H2,1-3H3,(H,37,40). The molecule has 3 aromatic carbocycles. The third-order valence-electron chi connectivity index (χ3n) is 6.21. The molecule has 1 unspecified atom stereocenters. The first-order chi connectivity index (χ1) is 19.9. The normalized spacial score (nSPS) is 12.3. The molecule has 12 heteroatoms. The van der Waals surface area contributed by atoms with Crippen LogP contribution in [0, 0.1) is 29.1 Å². The van der Waals surface area contributed by atoms with Crippen molar-refractivity contribution in [2.45, 2.75) is 58.4 Å². The van der Waals surface area contributed by atoms with Crippen molar-refractivity contribution in [2.75, 3.05) is 0 Å². The van der Waals surface area contributed by atoms with E-state index in [1.807, 2.05) is 0 Å². The largest absolute Gasteiger partial charge is 0.459 e. The van der Waals surface area contributed by atoms with Crippen LogP contribution < -0.4 is 5.32 Å². The predicted molar refractivity (Wildman–Crippen MR) is 143 cm³/mol. The number of carbonyl (C=O) groups is 2. The minimum atomic E-state index is -2.26. The summed E-state index contributed by atoms with van der Waals surface area (Å²) in [4.78, 5) is 30.0. The van der Waals surface area contributed by atoms with Crippen molar-refractivity contribution in [2.24, 2.45) is 0 Å². The smallest absolute Gasteiger partial charge is 0.408 e. The van der Waals surface area contributed by atoms with E-state index in [0.29, 0.717) is 16.6 Å². The zero-order chi connectivity index (χ0) is 30.6. The SMILES string of the molecule is CC(C)(C)OC(=O)NC(CCc1nc2ccccc2n1Cc1c(F)c(F)c(F)c(F)c1F)C(=O)OCc1ccccc1. The Morgan fingerprint density at radius 3 is 2.12 bits per heavy atom. The molecule has 0 aliphatic rings. The molecule has 0 bridgehead atoms. The number of fused-ring (bicyclic) bond motifs is 1. The maximum Gasteiger partial charge on any atom is 0.408 e. The van der Waals surface area contributed by atoms with E-state index < -0.39 is 64.9 Å². The molecule has 4 aromatic rings. The molecule has 1 aromatic heterocycles. The Morgan fingerprint density at radius 1 is 0.881 bits per heavy atom. The highest BCUT2D eigenvalue weighted by molar-refractivity contribution is 5.81. The fourth-order valence-corrected chi connectivity index (χ4v) is 4.24. The summed E-state index contributed by atoms with van der Waals surface area (Å²) in [5.74, 6) is -10.9. The van der Waals surface area contributed by atoms with Gasteiger partial charge in [0, 0.05) is 12.0 Å². The van der Waals surface area contributed by atoms with Gasteiger partial charge in [0.05, 0.1) is 17.6 Å². The van der Waals surface area contributed by atoms with Gasteiger partial charge in [-0.15, -0.1) is 0 Å². The summed E-state index contributed by atoms with van der Waals surface area (Å²) in [6.07, 6.45) is -1.02. The van der Waals surface area contributed by atoms with Crippen LogP contribution in [0.4, 0.5) is 26.7 Å². The quantitative estimate of drug-likeness (QED) is 0.107. The van der Waals surface area contributed by atoms with E-state index in [4.69, 9.17) is 9.47 Å². The molecule has 0 aliphatic heterocycles. The Morgan fingerprint density at radius 2 is 1.48 bits per heavy atom. The van der Waals surface area contributed by atoms with E-state index in [2.05, 4.69) is 10.3 Å². The first kappa shape index (κ1) is 30.5. The summed E-state index contributed by atoms with van der Waals surface area (Å²) in [5, 5.41) is 2.49. The molecule has 0 saturated heterocycles. The highest BCUT2D eigenvalue weighted by Gasteiger charge is 2.29. The van der Waals surface area contributed by atoms with Crippen molar-refractivity contribution in [3.63, 3.8) is 0 Å². The molecule has 1 amide bonds. The van der Waals surface area contributed by atoms with Crippen molar-refractivity contribution >= 4 is 23.1 Å². The van der Waals surface area contributed by atoms with Crippen LogP contribution in [-0.2, 0) is 33.8 Å². The fraction of sp³-hybridized carbons (Fsp3) is 0.300. The van der Waals surface area contributed by atoms with Gasteiger partial charge in [0.25, 0.3) is 0 Å². The van der Waals surface area contributed by atoms with Crippen molar-refractivity contribution in [1.82, 2.24) is 14.9 Å². The Hall–Kier alpha value is -4.48. The average Bonchev–Trinajstić information content (AvgIpc) is 3.30. The molecule has 7 nitrogen and oxygen atoms in total. The number of ether oxygens (including phenoxy) is 2. The number of nitrogens with one attached hydrogen (secondary N) is 1. The molecule has 1 N–H and O–H groups in total. The van der Waals surface area contributed by atoms with E-state index >= 15 is 0 Å². The van der Waals surface area contributed by atoms with Crippen molar-refractivity contribution < 1.29 is 41.0 Å². The highest BCUT2D eigenvalue weighted by atomic mass is 19.2. The Kier molecular flexibility index (Phi) is 9.13. The number of hydrogen-bond donors (Lipinski definition) is 1. The van der Waals surface area contributed by atoms with E-state index in [-0.39, 0.29) is 25.3 Å². The summed E-state index contributed by atoms with van der Waals surface area (Å²) in [6, 6.07) is 14.1. The van der Waals surface area contributed by atoms with E-state index in [0.717, 1.165) is 0 Å². The molecule has 0 fully saturated rings. The van der Waals surface area contributed by atoms with Gasteiger partial charge in [0.15, 0.2) is 23.3 Å². The molecule has 0 aliphatic carbocycles. The number of alkyl carbamates (subject to hydrolysis) is 1. The first-order valence-electron chi connectivity index (χ1n) is 13.0. The van der Waals surface area contributed by atoms with Crippen LogP contribution in [0.3, 0.4) is 0 Å². The number of esters is 1. The highest BCUT2D eigenvalue weighted by Crippen LogP contribution is 2.26. The van der Waals surface area contributed by atoms with Crippen molar-refractivity contribution in [1.29, 1.82) is 0 Å². The Labute approximate surface area is 238 Å². The molecule has 4 rings (SSSR count). The third-order valence-corrected chi connectivity index (χ3v) is 6.21. The summed E-state index contributed by atoms with van der Waals surface area (Å²) in [5.41, 5.74) is -0.433. The van der Waals surface area contributed by atoms with Crippen LogP contribution in [0.1, 0.15) is 44.1 Å². The van der Waals surface area contributed by atoms with E-state index in [9.17, 15) is 31.5 Å². The van der Waals surface area contributed by atoms with Gasteiger partial charge in [0.2, 0.25) is 5.82 Å². The minimum Gasteiger partial charge on any atom is -0.459 e. The summed E-state index contributed by atoms with van der Waals surface area (Å²) in [6.45, 7) is 4.15. The van der Waals surface area contributed by atoms with Gasteiger partial charge in [-0.2, -0.15) is 0 Å². The number of nitrogens with zero attached hydrogens (tertiary/aromatic N) is 2. The molecular weight excluding hydrogens is 561 g/mol. The molecule has 0 spiro atoms. The number of amides is 1. The Balaban J connectivity index is 1.62. The van der Waals surface area contributed by atoms with E-state index in [1.165, 1.54) is 4.57 Å². The molecule has 1 heterocycles. The third kappa shape index (κ3) is 7.04. The van der Waals surface area contributed by atoms with Crippen LogP contribution in [0.25, 0.3) is 11.0 Å². The summed E-state index contributed by atoms with van der Waals surface area (Å²) >= 11 is 0. The lowest BCUT2D eigenvalue weighted by atomic mass is 10.1. The number of carbonyl (C=O) groups excluding carboxylic acids is 2. The maximum atomic E-state index is 14.6.